The van der Waals surface area contributed by atoms with Crippen LogP contribution in [0.2, 0.25) is 0 Å². The number of nitrogens with zero attached hydrogens (tertiary/aromatic N) is 2. The van der Waals surface area contributed by atoms with Crippen LogP contribution in [0, 0.1) is 17.0 Å². The van der Waals surface area contributed by atoms with Crippen LogP contribution in [0.5, 0.6) is 11.5 Å². The second-order valence-corrected chi connectivity index (χ2v) is 10.7. The monoisotopic (exact) mass is 563 g/mol. The number of likely N-dealkylation sites (tertiary alicyclic amines) is 1. The average molecular weight is 564 g/mol. The highest BCUT2D eigenvalue weighted by Gasteiger charge is 2.56. The molecule has 0 spiro atoms. The number of hydrogen-bond acceptors (Lipinski definition) is 6. The van der Waals surface area contributed by atoms with E-state index in [1.165, 1.54) is 42.6 Å². The summed E-state index contributed by atoms with van der Waals surface area (Å²) in [6.07, 6.45) is 3.13. The summed E-state index contributed by atoms with van der Waals surface area (Å²) in [6, 6.07) is 12.5. The molecule has 0 atom stereocenters. The first-order valence-electron chi connectivity index (χ1n) is 13.5. The Hall–Kier alpha value is -4.42. The van der Waals surface area contributed by atoms with Gasteiger partial charge in [0.1, 0.15) is 40.4 Å². The summed E-state index contributed by atoms with van der Waals surface area (Å²) >= 11 is 0. The zero-order valence-corrected chi connectivity index (χ0v) is 22.1. The molecular weight excluding hydrogens is 534 g/mol. The standard InChI is InChI=1S/C29H28F2N6O4/c30-18-2-4-19(5-3-18)34-26(38)29(9-10-29)27(39)35-24-7-6-21(14-23(24)31)41-22-8-11-33-25(15-22)36-28(40)37(12-1-13-37)20-16-32-17-20/h2-8,11,14-15,20,32H,1,9-10,12-13,16-17H2,(H2-,33,34,35,36,38,39,40)/p+1. The lowest BCUT2D eigenvalue weighted by molar-refractivity contribution is -0.913. The summed E-state index contributed by atoms with van der Waals surface area (Å²) in [5, 5.41) is 11.2. The molecule has 4 N–H and O–H groups in total. The molecular formula is C29H29F2N6O4+. The first-order chi connectivity index (χ1) is 19.8. The number of rotatable bonds is 8. The van der Waals surface area contributed by atoms with Crippen molar-refractivity contribution in [3.8, 4) is 11.5 Å². The van der Waals surface area contributed by atoms with Crippen LogP contribution in [0.3, 0.4) is 0 Å². The second kappa shape index (κ2) is 10.5. The molecule has 2 aromatic carbocycles. The highest BCUT2D eigenvalue weighted by molar-refractivity contribution is 6.16. The number of quaternary nitrogens is 1. The average Bonchev–Trinajstić information content (AvgIpc) is 3.70. The van der Waals surface area contributed by atoms with E-state index in [2.05, 4.69) is 26.3 Å². The number of aromatic nitrogens is 1. The van der Waals surface area contributed by atoms with Gasteiger partial charge in [-0.25, -0.2) is 23.0 Å². The highest BCUT2D eigenvalue weighted by atomic mass is 19.1. The lowest BCUT2D eigenvalue weighted by Crippen LogP contribution is -2.75. The zero-order chi connectivity index (χ0) is 28.6. The van der Waals surface area contributed by atoms with E-state index in [4.69, 9.17) is 4.74 Å². The van der Waals surface area contributed by atoms with Gasteiger partial charge in [0.2, 0.25) is 11.8 Å². The number of urea groups is 1. The van der Waals surface area contributed by atoms with Gasteiger partial charge in [-0.15, -0.1) is 0 Å². The Kier molecular flexibility index (Phi) is 6.88. The van der Waals surface area contributed by atoms with Crippen LogP contribution in [0.4, 0.5) is 30.8 Å². The molecule has 3 aliphatic rings. The number of amides is 4. The minimum absolute atomic E-state index is 0.0973. The van der Waals surface area contributed by atoms with Gasteiger partial charge in [-0.1, -0.05) is 0 Å². The normalized spacial score (nSPS) is 18.3. The second-order valence-electron chi connectivity index (χ2n) is 10.7. The van der Waals surface area contributed by atoms with Crippen molar-refractivity contribution >= 4 is 35.0 Å². The first kappa shape index (κ1) is 26.8. The van der Waals surface area contributed by atoms with E-state index in [1.54, 1.807) is 12.1 Å². The molecule has 3 heterocycles. The molecule has 4 amide bonds. The van der Waals surface area contributed by atoms with Gasteiger partial charge in [-0.05, 0) is 55.3 Å². The predicted octanol–water partition coefficient (Wildman–Crippen LogP) is 4.23. The van der Waals surface area contributed by atoms with Crippen LogP contribution >= 0.6 is 0 Å². The SMILES string of the molecule is O=C(Nc1ccc(F)cc1)C1(C(=O)Nc2ccc(Oc3ccnc(NC(=O)[N+]4(C5CNC5)CCC4)c3)cc2F)CC1. The summed E-state index contributed by atoms with van der Waals surface area (Å²) < 4.78 is 34.3. The maximum atomic E-state index is 14.9. The van der Waals surface area contributed by atoms with Crippen LogP contribution in [0.25, 0.3) is 0 Å². The topological polar surface area (TPSA) is 121 Å². The number of halogens is 2. The quantitative estimate of drug-likeness (QED) is 0.240. The summed E-state index contributed by atoms with van der Waals surface area (Å²) in [5.74, 6) is -1.49. The molecule has 1 saturated carbocycles. The number of hydrogen-bond donors (Lipinski definition) is 4. The van der Waals surface area contributed by atoms with Crippen molar-refractivity contribution in [2.45, 2.75) is 25.3 Å². The fourth-order valence-electron chi connectivity index (χ4n) is 5.12. The van der Waals surface area contributed by atoms with Crippen molar-refractivity contribution < 1.29 is 32.4 Å². The Labute approximate surface area is 234 Å². The summed E-state index contributed by atoms with van der Waals surface area (Å²) in [5.41, 5.74) is -1.06. The lowest BCUT2D eigenvalue weighted by atomic mass is 10.00. The van der Waals surface area contributed by atoms with Gasteiger partial charge >= 0.3 is 6.03 Å². The third-order valence-electron chi connectivity index (χ3n) is 8.09. The Morgan fingerprint density at radius 1 is 0.902 bits per heavy atom. The molecule has 2 aliphatic heterocycles. The van der Waals surface area contributed by atoms with E-state index >= 15 is 0 Å². The van der Waals surface area contributed by atoms with E-state index in [-0.39, 0.29) is 23.5 Å². The minimum atomic E-state index is -1.32. The molecule has 3 fully saturated rings. The molecule has 0 bridgehead atoms. The highest BCUT2D eigenvalue weighted by Crippen LogP contribution is 2.47. The number of benzene rings is 2. The van der Waals surface area contributed by atoms with Gasteiger partial charge in [0.05, 0.1) is 18.8 Å². The molecule has 1 aromatic heterocycles. The minimum Gasteiger partial charge on any atom is -0.457 e. The Morgan fingerprint density at radius 3 is 2.22 bits per heavy atom. The molecule has 3 aromatic rings. The Bertz CT molecular complexity index is 1500. The van der Waals surface area contributed by atoms with Crippen molar-refractivity contribution in [2.24, 2.45) is 5.41 Å². The van der Waals surface area contributed by atoms with Gasteiger partial charge in [0.25, 0.3) is 0 Å². The van der Waals surface area contributed by atoms with Crippen molar-refractivity contribution in [3.05, 3.63) is 72.4 Å². The molecule has 2 saturated heterocycles. The smallest absolute Gasteiger partial charge is 0.422 e. The largest absolute Gasteiger partial charge is 0.457 e. The fourth-order valence-corrected chi connectivity index (χ4v) is 5.12. The van der Waals surface area contributed by atoms with E-state index in [1.807, 2.05) is 0 Å². The maximum Gasteiger partial charge on any atom is 0.422 e. The van der Waals surface area contributed by atoms with Crippen LogP contribution in [0.15, 0.2) is 60.8 Å². The molecule has 0 unspecified atom stereocenters. The van der Waals surface area contributed by atoms with Crippen LogP contribution < -0.4 is 26.0 Å². The van der Waals surface area contributed by atoms with Gasteiger partial charge in [0.15, 0.2) is 0 Å². The maximum absolute atomic E-state index is 14.9. The van der Waals surface area contributed by atoms with Gasteiger partial charge < -0.3 is 20.7 Å². The lowest BCUT2D eigenvalue weighted by Gasteiger charge is -2.51. The van der Waals surface area contributed by atoms with E-state index < -0.39 is 28.9 Å². The number of nitrogens with one attached hydrogen (secondary N) is 4. The third kappa shape index (κ3) is 5.23. The van der Waals surface area contributed by atoms with Crippen molar-refractivity contribution in [1.82, 2.24) is 10.3 Å². The van der Waals surface area contributed by atoms with Gasteiger partial charge in [0, 0.05) is 43.5 Å². The number of anilines is 3. The van der Waals surface area contributed by atoms with Crippen LogP contribution in [-0.4, -0.2) is 59.5 Å². The summed E-state index contributed by atoms with van der Waals surface area (Å²) in [4.78, 5) is 43.0. The Balaban J connectivity index is 1.08. The number of pyridine rings is 1. The third-order valence-corrected chi connectivity index (χ3v) is 8.09. The first-order valence-corrected chi connectivity index (χ1v) is 13.5. The number of carbonyl (C=O) groups is 3. The molecule has 6 rings (SSSR count). The summed E-state index contributed by atoms with van der Waals surface area (Å²) in [7, 11) is 0. The zero-order valence-electron chi connectivity index (χ0n) is 22.1. The summed E-state index contributed by atoms with van der Waals surface area (Å²) in [6.45, 7) is 3.24. The Morgan fingerprint density at radius 2 is 1.61 bits per heavy atom. The number of ether oxygens (including phenoxy) is 1. The fraction of sp³-hybridized carbons (Fsp3) is 0.310. The molecule has 0 radical (unpaired) electrons. The predicted molar refractivity (Wildman–Crippen MR) is 146 cm³/mol. The van der Waals surface area contributed by atoms with Crippen LogP contribution in [0.1, 0.15) is 19.3 Å². The van der Waals surface area contributed by atoms with Gasteiger partial charge in [-0.3, -0.25) is 14.9 Å². The van der Waals surface area contributed by atoms with E-state index in [9.17, 15) is 23.2 Å². The van der Waals surface area contributed by atoms with Crippen molar-refractivity contribution in [3.63, 3.8) is 0 Å². The molecule has 41 heavy (non-hydrogen) atoms. The number of carbonyl (C=O) groups excluding carboxylic acids is 3. The molecule has 10 nitrogen and oxygen atoms in total. The molecule has 1 aliphatic carbocycles. The molecule has 12 heteroatoms. The van der Waals surface area contributed by atoms with Crippen molar-refractivity contribution in [1.29, 1.82) is 0 Å². The van der Waals surface area contributed by atoms with E-state index in [0.717, 1.165) is 38.7 Å². The molecule has 212 valence electrons. The van der Waals surface area contributed by atoms with Crippen molar-refractivity contribution in [2.75, 3.05) is 42.1 Å². The van der Waals surface area contributed by atoms with E-state index in [0.29, 0.717) is 34.6 Å². The van der Waals surface area contributed by atoms with Gasteiger partial charge in [-0.2, -0.15) is 0 Å². The van der Waals surface area contributed by atoms with Crippen LogP contribution in [-0.2, 0) is 9.59 Å².